The van der Waals surface area contributed by atoms with Crippen LogP contribution in [0.5, 0.6) is 0 Å². The van der Waals surface area contributed by atoms with Crippen molar-refractivity contribution in [2.24, 2.45) is 0 Å². The summed E-state index contributed by atoms with van der Waals surface area (Å²) in [6.07, 6.45) is 1.03. The lowest BCUT2D eigenvalue weighted by Gasteiger charge is -2.20. The third-order valence-electron chi connectivity index (χ3n) is 3.03. The molecule has 0 fully saturated rings. The van der Waals surface area contributed by atoms with Crippen molar-refractivity contribution in [2.45, 2.75) is 26.3 Å². The number of halogens is 2. The van der Waals surface area contributed by atoms with E-state index >= 15 is 0 Å². The Kier molecular flexibility index (Phi) is 6.69. The van der Waals surface area contributed by atoms with E-state index in [0.29, 0.717) is 27.7 Å². The van der Waals surface area contributed by atoms with Gasteiger partial charge in [-0.15, -0.1) is 0 Å². The molecule has 2 N–H and O–H groups in total. The lowest BCUT2D eigenvalue weighted by molar-refractivity contribution is 0.273. The minimum atomic E-state index is 0.526. The fourth-order valence-corrected chi connectivity index (χ4v) is 2.08. The number of anilines is 2. The molecule has 4 nitrogen and oxygen atoms in total. The van der Waals surface area contributed by atoms with Crippen LogP contribution in [0.3, 0.4) is 0 Å². The smallest absolute Gasteiger partial charge is 0.147 e. The van der Waals surface area contributed by atoms with Crippen LogP contribution in [0.4, 0.5) is 11.6 Å². The van der Waals surface area contributed by atoms with Crippen molar-refractivity contribution < 1.29 is 0 Å². The Balaban J connectivity index is 2.49. The van der Waals surface area contributed by atoms with Gasteiger partial charge >= 0.3 is 0 Å². The summed E-state index contributed by atoms with van der Waals surface area (Å²) >= 11 is 12.1. The summed E-state index contributed by atoms with van der Waals surface area (Å²) in [5.74, 6) is 1.30. The van der Waals surface area contributed by atoms with E-state index in [1.165, 1.54) is 0 Å². The highest BCUT2D eigenvalue weighted by atomic mass is 35.5. The molecule has 0 aliphatic rings. The van der Waals surface area contributed by atoms with E-state index in [1.54, 1.807) is 13.1 Å². The number of hydrogen-bond acceptors (Lipinski definition) is 4. The molecule has 19 heavy (non-hydrogen) atoms. The summed E-state index contributed by atoms with van der Waals surface area (Å²) in [6.45, 7) is 6.23. The highest BCUT2D eigenvalue weighted by Gasteiger charge is 2.08. The van der Waals surface area contributed by atoms with E-state index in [4.69, 9.17) is 23.2 Å². The maximum absolute atomic E-state index is 6.10. The lowest BCUT2D eigenvalue weighted by atomic mass is 10.3. The van der Waals surface area contributed by atoms with E-state index < -0.39 is 0 Å². The lowest BCUT2D eigenvalue weighted by Crippen LogP contribution is -2.28. The first-order valence-electron chi connectivity index (χ1n) is 6.43. The van der Waals surface area contributed by atoms with Gasteiger partial charge in [0.1, 0.15) is 11.6 Å². The second kappa shape index (κ2) is 7.78. The molecule has 0 bridgehead atoms. The van der Waals surface area contributed by atoms with Crippen LogP contribution in [0.2, 0.25) is 10.0 Å². The van der Waals surface area contributed by atoms with Gasteiger partial charge in [-0.2, -0.15) is 0 Å². The van der Waals surface area contributed by atoms with Gasteiger partial charge in [-0.05, 0) is 39.9 Å². The van der Waals surface area contributed by atoms with Gasteiger partial charge in [0.05, 0.1) is 10.0 Å². The number of rotatable bonds is 7. The van der Waals surface area contributed by atoms with Gasteiger partial charge in [0.25, 0.3) is 0 Å². The third kappa shape index (κ3) is 5.05. The highest BCUT2D eigenvalue weighted by molar-refractivity contribution is 6.37. The van der Waals surface area contributed by atoms with Crippen molar-refractivity contribution in [3.63, 3.8) is 0 Å². The Morgan fingerprint density at radius 1 is 1.26 bits per heavy atom. The highest BCUT2D eigenvalue weighted by Crippen LogP contribution is 2.28. The molecule has 6 heteroatoms. The largest absolute Gasteiger partial charge is 0.372 e. The molecular weight excluding hydrogens is 283 g/mol. The minimum Gasteiger partial charge on any atom is -0.372 e. The number of nitrogens with zero attached hydrogens (tertiary/aromatic N) is 2. The zero-order chi connectivity index (χ0) is 14.4. The first kappa shape index (κ1) is 16.3. The van der Waals surface area contributed by atoms with Crippen LogP contribution in [-0.4, -0.2) is 43.1 Å². The van der Waals surface area contributed by atoms with Crippen LogP contribution in [0.25, 0.3) is 0 Å². The molecule has 0 radical (unpaired) electrons. The maximum atomic E-state index is 6.10. The standard InChI is InChI=1S/C13H22Cl2N4/c1-9(2)19(4)7-5-6-17-13-11(15)8-10(14)12(16-3)18-13/h8-9H,5-7H2,1-4H3,(H2,16,17,18). The quantitative estimate of drug-likeness (QED) is 0.756. The van der Waals surface area contributed by atoms with E-state index in [2.05, 4.69) is 41.4 Å². The van der Waals surface area contributed by atoms with E-state index in [-0.39, 0.29) is 0 Å². The Labute approximate surface area is 125 Å². The van der Waals surface area contributed by atoms with Crippen LogP contribution in [0.1, 0.15) is 20.3 Å². The molecule has 0 amide bonds. The van der Waals surface area contributed by atoms with Crippen molar-refractivity contribution >= 4 is 34.8 Å². The summed E-state index contributed by atoms with van der Waals surface area (Å²) in [5.41, 5.74) is 0. The third-order valence-corrected chi connectivity index (χ3v) is 3.60. The van der Waals surface area contributed by atoms with Crippen LogP contribution < -0.4 is 10.6 Å². The SMILES string of the molecule is CNc1nc(NCCCN(C)C(C)C)c(Cl)cc1Cl. The van der Waals surface area contributed by atoms with Gasteiger partial charge in [0.15, 0.2) is 0 Å². The van der Waals surface area contributed by atoms with E-state index in [1.807, 2.05) is 0 Å². The summed E-state index contributed by atoms with van der Waals surface area (Å²) in [5, 5.41) is 7.25. The molecule has 0 saturated heterocycles. The zero-order valence-electron chi connectivity index (χ0n) is 11.9. The number of pyridine rings is 1. The molecular formula is C13H22Cl2N4. The molecule has 0 aromatic carbocycles. The average Bonchev–Trinajstić information content (AvgIpc) is 2.36. The molecule has 1 heterocycles. The van der Waals surface area contributed by atoms with Gasteiger partial charge in [-0.1, -0.05) is 23.2 Å². The van der Waals surface area contributed by atoms with Gasteiger partial charge < -0.3 is 15.5 Å². The first-order valence-corrected chi connectivity index (χ1v) is 7.19. The number of aromatic nitrogens is 1. The normalized spacial score (nSPS) is 11.2. The average molecular weight is 305 g/mol. The second-order valence-corrected chi connectivity index (χ2v) is 5.57. The molecule has 1 rings (SSSR count). The number of nitrogens with one attached hydrogen (secondary N) is 2. The van der Waals surface area contributed by atoms with Crippen molar-refractivity contribution in [3.05, 3.63) is 16.1 Å². The van der Waals surface area contributed by atoms with Crippen LogP contribution in [0.15, 0.2) is 6.07 Å². The fourth-order valence-electron chi connectivity index (χ4n) is 1.56. The second-order valence-electron chi connectivity index (χ2n) is 4.75. The molecule has 0 spiro atoms. The monoisotopic (exact) mass is 304 g/mol. The zero-order valence-corrected chi connectivity index (χ0v) is 13.4. The van der Waals surface area contributed by atoms with Crippen LogP contribution in [0, 0.1) is 0 Å². The predicted molar refractivity (Wildman–Crippen MR) is 84.7 cm³/mol. The van der Waals surface area contributed by atoms with Crippen molar-refractivity contribution in [1.82, 2.24) is 9.88 Å². The Hall–Kier alpha value is -0.710. The van der Waals surface area contributed by atoms with Crippen molar-refractivity contribution in [3.8, 4) is 0 Å². The van der Waals surface area contributed by atoms with Gasteiger partial charge in [-0.25, -0.2) is 4.98 Å². The molecule has 1 aromatic heterocycles. The Morgan fingerprint density at radius 2 is 1.89 bits per heavy atom. The van der Waals surface area contributed by atoms with E-state index in [0.717, 1.165) is 19.5 Å². The number of hydrogen-bond donors (Lipinski definition) is 2. The maximum Gasteiger partial charge on any atom is 0.147 e. The Bertz CT molecular complexity index is 410. The molecule has 108 valence electrons. The van der Waals surface area contributed by atoms with Gasteiger partial charge in [0.2, 0.25) is 0 Å². The summed E-state index contributed by atoms with van der Waals surface area (Å²) in [4.78, 5) is 6.65. The Morgan fingerprint density at radius 3 is 2.47 bits per heavy atom. The molecule has 0 atom stereocenters. The van der Waals surface area contributed by atoms with Gasteiger partial charge in [-0.3, -0.25) is 0 Å². The molecule has 0 aliphatic heterocycles. The van der Waals surface area contributed by atoms with Crippen molar-refractivity contribution in [2.75, 3.05) is 37.8 Å². The van der Waals surface area contributed by atoms with Gasteiger partial charge in [0, 0.05) is 19.6 Å². The van der Waals surface area contributed by atoms with Crippen LogP contribution in [-0.2, 0) is 0 Å². The molecule has 0 unspecified atom stereocenters. The first-order chi connectivity index (χ1) is 8.95. The summed E-state index contributed by atoms with van der Waals surface area (Å²) in [7, 11) is 3.90. The molecule has 0 saturated carbocycles. The minimum absolute atomic E-state index is 0.526. The topological polar surface area (TPSA) is 40.2 Å². The van der Waals surface area contributed by atoms with E-state index in [9.17, 15) is 0 Å². The summed E-state index contributed by atoms with van der Waals surface area (Å²) < 4.78 is 0. The summed E-state index contributed by atoms with van der Waals surface area (Å²) in [6, 6.07) is 2.26. The molecule has 0 aliphatic carbocycles. The van der Waals surface area contributed by atoms with Crippen molar-refractivity contribution in [1.29, 1.82) is 0 Å². The fraction of sp³-hybridized carbons (Fsp3) is 0.615. The predicted octanol–water partition coefficient (Wildman–Crippen LogP) is 3.57. The molecule has 1 aromatic rings. The van der Waals surface area contributed by atoms with Crippen LogP contribution >= 0.6 is 23.2 Å².